The van der Waals surface area contributed by atoms with Gasteiger partial charge in [-0.2, -0.15) is 0 Å². The monoisotopic (exact) mass is 326 g/mol. The number of fused-ring (bicyclic) bond motifs is 1. The molecule has 0 saturated carbocycles. The van der Waals surface area contributed by atoms with Gasteiger partial charge in [0.2, 0.25) is 0 Å². The predicted molar refractivity (Wildman–Crippen MR) is 76.6 cm³/mol. The number of hydrogen-bond donors (Lipinski definition) is 1. The molecule has 1 aromatic carbocycles. The van der Waals surface area contributed by atoms with E-state index in [-0.39, 0.29) is 11.7 Å². The fourth-order valence-corrected chi connectivity index (χ4v) is 2.79. The first-order chi connectivity index (χ1) is 8.61. The van der Waals surface area contributed by atoms with Crippen LogP contribution in [0.3, 0.4) is 0 Å². The van der Waals surface area contributed by atoms with E-state index in [0.717, 1.165) is 20.3 Å². The van der Waals surface area contributed by atoms with Gasteiger partial charge in [-0.1, -0.05) is 15.9 Å². The van der Waals surface area contributed by atoms with Gasteiger partial charge in [0, 0.05) is 14.8 Å². The lowest BCUT2D eigenvalue weighted by molar-refractivity contribution is -0.137. The van der Waals surface area contributed by atoms with Crippen molar-refractivity contribution in [3.63, 3.8) is 0 Å². The molecule has 0 spiro atoms. The van der Waals surface area contributed by atoms with Gasteiger partial charge in [-0.15, -0.1) is 11.8 Å². The third kappa shape index (κ3) is 2.76. The Labute approximate surface area is 117 Å². The molecule has 6 heteroatoms. The first kappa shape index (κ1) is 13.2. The van der Waals surface area contributed by atoms with E-state index < -0.39 is 0 Å². The molecule has 0 bridgehead atoms. The Kier molecular flexibility index (Phi) is 4.08. The van der Waals surface area contributed by atoms with Crippen LogP contribution in [0.5, 0.6) is 0 Å². The molecule has 2 N–H and O–H groups in total. The Hall–Kier alpha value is -1.27. The number of thioether (sulfide) groups is 1. The van der Waals surface area contributed by atoms with Crippen LogP contribution in [0.1, 0.15) is 0 Å². The summed E-state index contributed by atoms with van der Waals surface area (Å²) >= 11 is 4.77. The van der Waals surface area contributed by atoms with Gasteiger partial charge in [0.15, 0.2) is 0 Å². The maximum absolute atomic E-state index is 11.2. The van der Waals surface area contributed by atoms with Crippen molar-refractivity contribution in [2.75, 3.05) is 18.6 Å². The van der Waals surface area contributed by atoms with Crippen LogP contribution in [-0.4, -0.2) is 23.8 Å². The number of anilines is 1. The summed E-state index contributed by atoms with van der Waals surface area (Å²) in [5, 5.41) is 0.929. The molecule has 1 heterocycles. The molecule has 4 nitrogen and oxygen atoms in total. The average Bonchev–Trinajstić information content (AvgIpc) is 2.37. The number of halogens is 1. The third-order valence-corrected chi connectivity index (χ3v) is 3.99. The molecule has 0 amide bonds. The lowest BCUT2D eigenvalue weighted by atomic mass is 10.2. The minimum atomic E-state index is -0.278. The molecule has 0 aliphatic rings. The highest BCUT2D eigenvalue weighted by molar-refractivity contribution is 9.10. The van der Waals surface area contributed by atoms with E-state index in [9.17, 15) is 4.79 Å². The number of rotatable bonds is 3. The third-order valence-electron chi connectivity index (χ3n) is 2.37. The van der Waals surface area contributed by atoms with E-state index in [1.807, 2.05) is 18.2 Å². The standard InChI is InChI=1S/C12H11BrN2O2S/c1-17-11(16)6-18-12-8-4-7(13)2-3-10(8)15-5-9(12)14/h2-5H,6,14H2,1H3. The van der Waals surface area contributed by atoms with Crippen molar-refractivity contribution in [2.45, 2.75) is 4.90 Å². The highest BCUT2D eigenvalue weighted by atomic mass is 79.9. The molecule has 0 aliphatic heterocycles. The number of carbonyl (C=O) groups excluding carboxylic acids is 1. The number of nitrogens with zero attached hydrogens (tertiary/aromatic N) is 1. The van der Waals surface area contributed by atoms with Gasteiger partial charge in [0.05, 0.1) is 30.3 Å². The first-order valence-electron chi connectivity index (χ1n) is 5.15. The van der Waals surface area contributed by atoms with E-state index in [4.69, 9.17) is 5.73 Å². The van der Waals surface area contributed by atoms with Crippen LogP contribution in [0.25, 0.3) is 10.9 Å². The number of esters is 1. The van der Waals surface area contributed by atoms with Crippen molar-refractivity contribution in [3.05, 3.63) is 28.9 Å². The number of pyridine rings is 1. The second-order valence-electron chi connectivity index (χ2n) is 3.57. The maximum atomic E-state index is 11.2. The van der Waals surface area contributed by atoms with Crippen LogP contribution in [0.4, 0.5) is 5.69 Å². The molecule has 2 aromatic rings. The predicted octanol–water partition coefficient (Wildman–Crippen LogP) is 2.84. The molecule has 0 unspecified atom stereocenters. The van der Waals surface area contributed by atoms with E-state index in [1.165, 1.54) is 18.9 Å². The van der Waals surface area contributed by atoms with E-state index in [1.54, 1.807) is 6.20 Å². The van der Waals surface area contributed by atoms with Crippen LogP contribution < -0.4 is 5.73 Å². The number of nitrogen functional groups attached to an aromatic ring is 1. The Morgan fingerprint density at radius 3 is 3.06 bits per heavy atom. The van der Waals surface area contributed by atoms with Crippen molar-refractivity contribution in [1.29, 1.82) is 0 Å². The zero-order chi connectivity index (χ0) is 13.1. The quantitative estimate of drug-likeness (QED) is 0.694. The lowest BCUT2D eigenvalue weighted by Crippen LogP contribution is -2.04. The van der Waals surface area contributed by atoms with Gasteiger partial charge in [-0.3, -0.25) is 9.78 Å². The zero-order valence-corrected chi connectivity index (χ0v) is 12.0. The number of methoxy groups -OCH3 is 1. The van der Waals surface area contributed by atoms with Gasteiger partial charge in [0.25, 0.3) is 0 Å². The molecule has 0 aliphatic carbocycles. The van der Waals surface area contributed by atoms with Crippen molar-refractivity contribution >= 4 is 50.3 Å². The van der Waals surface area contributed by atoms with Gasteiger partial charge in [-0.25, -0.2) is 0 Å². The summed E-state index contributed by atoms with van der Waals surface area (Å²) in [6.45, 7) is 0. The van der Waals surface area contributed by atoms with Crippen LogP contribution in [-0.2, 0) is 9.53 Å². The minimum absolute atomic E-state index is 0.228. The van der Waals surface area contributed by atoms with Crippen LogP contribution in [0.2, 0.25) is 0 Å². The maximum Gasteiger partial charge on any atom is 0.315 e. The van der Waals surface area contributed by atoms with Gasteiger partial charge >= 0.3 is 5.97 Å². The second-order valence-corrected chi connectivity index (χ2v) is 5.47. The Morgan fingerprint density at radius 1 is 1.56 bits per heavy atom. The smallest absolute Gasteiger partial charge is 0.315 e. The highest BCUT2D eigenvalue weighted by Crippen LogP contribution is 2.33. The summed E-state index contributed by atoms with van der Waals surface area (Å²) in [6, 6.07) is 5.76. The largest absolute Gasteiger partial charge is 0.468 e. The fraction of sp³-hybridized carbons (Fsp3) is 0.167. The molecule has 0 radical (unpaired) electrons. The normalized spacial score (nSPS) is 10.6. The first-order valence-corrected chi connectivity index (χ1v) is 6.93. The summed E-state index contributed by atoms with van der Waals surface area (Å²) in [5.41, 5.74) is 7.32. The van der Waals surface area contributed by atoms with Crippen LogP contribution in [0, 0.1) is 0 Å². The number of ether oxygens (including phenoxy) is 1. The van der Waals surface area contributed by atoms with Gasteiger partial charge in [0.1, 0.15) is 0 Å². The molecule has 0 fully saturated rings. The highest BCUT2D eigenvalue weighted by Gasteiger charge is 2.10. The molecular weight excluding hydrogens is 316 g/mol. The summed E-state index contributed by atoms with van der Waals surface area (Å²) in [5.74, 6) is -0.0499. The zero-order valence-electron chi connectivity index (χ0n) is 9.64. The van der Waals surface area contributed by atoms with Crippen molar-refractivity contribution in [2.24, 2.45) is 0 Å². The number of aromatic nitrogens is 1. The van der Waals surface area contributed by atoms with E-state index in [2.05, 4.69) is 25.7 Å². The molecule has 2 rings (SSSR count). The SMILES string of the molecule is COC(=O)CSc1c(N)cnc2ccc(Br)cc12. The topological polar surface area (TPSA) is 65.2 Å². The number of nitrogens with two attached hydrogens (primary N) is 1. The Morgan fingerprint density at radius 2 is 2.33 bits per heavy atom. The fourth-order valence-electron chi connectivity index (χ4n) is 1.51. The molecule has 18 heavy (non-hydrogen) atoms. The second kappa shape index (κ2) is 5.58. The Bertz CT molecular complexity index is 599. The molecule has 1 aromatic heterocycles. The van der Waals surface area contributed by atoms with Crippen LogP contribution in [0.15, 0.2) is 33.8 Å². The molecule has 0 saturated heterocycles. The number of hydrogen-bond acceptors (Lipinski definition) is 5. The molecular formula is C12H11BrN2O2S. The van der Waals surface area contributed by atoms with Crippen molar-refractivity contribution < 1.29 is 9.53 Å². The minimum Gasteiger partial charge on any atom is -0.468 e. The lowest BCUT2D eigenvalue weighted by Gasteiger charge is -2.08. The van der Waals surface area contributed by atoms with Crippen molar-refractivity contribution in [1.82, 2.24) is 4.98 Å². The van der Waals surface area contributed by atoms with Crippen LogP contribution >= 0.6 is 27.7 Å². The summed E-state index contributed by atoms with van der Waals surface area (Å²) in [4.78, 5) is 16.3. The van der Waals surface area contributed by atoms with Crippen molar-refractivity contribution in [3.8, 4) is 0 Å². The number of carbonyl (C=O) groups is 1. The summed E-state index contributed by atoms with van der Waals surface area (Å²) in [6.07, 6.45) is 1.61. The molecule has 0 atom stereocenters. The van der Waals surface area contributed by atoms with Gasteiger partial charge in [-0.05, 0) is 18.2 Å². The Balaban J connectivity index is 2.43. The number of benzene rings is 1. The van der Waals surface area contributed by atoms with E-state index >= 15 is 0 Å². The average molecular weight is 327 g/mol. The van der Waals surface area contributed by atoms with E-state index in [0.29, 0.717) is 5.69 Å². The molecule has 94 valence electrons. The summed E-state index contributed by atoms with van der Waals surface area (Å²) < 4.78 is 5.57. The van der Waals surface area contributed by atoms with Gasteiger partial charge < -0.3 is 10.5 Å². The summed E-state index contributed by atoms with van der Waals surface area (Å²) in [7, 11) is 1.37.